The van der Waals surface area contributed by atoms with Crippen molar-refractivity contribution in [1.82, 2.24) is 20.9 Å². The van der Waals surface area contributed by atoms with Gasteiger partial charge in [0.2, 0.25) is 23.6 Å². The van der Waals surface area contributed by atoms with Crippen molar-refractivity contribution in [3.63, 3.8) is 0 Å². The molecule has 4 amide bonds. The van der Waals surface area contributed by atoms with E-state index in [-0.39, 0.29) is 25.7 Å². The van der Waals surface area contributed by atoms with Crippen molar-refractivity contribution in [1.29, 1.82) is 0 Å². The molecule has 1 heterocycles. The molecule has 0 bridgehead atoms. The van der Waals surface area contributed by atoms with Crippen LogP contribution in [0.2, 0.25) is 0 Å². The van der Waals surface area contributed by atoms with Crippen LogP contribution in [0.4, 0.5) is 0 Å². The Kier molecular flexibility index (Phi) is 11.2. The Balaban J connectivity index is 1.75. The maximum Gasteiger partial charge on any atom is 0.326 e. The fraction of sp³-hybridized carbons (Fsp3) is 0.367. The molecule has 0 aliphatic carbocycles. The number of fused-ring (bicyclic) bond motifs is 1. The Morgan fingerprint density at radius 1 is 0.833 bits per heavy atom. The monoisotopic (exact) mass is 578 g/mol. The number of carboxylic acid groups (broad SMARTS) is 1. The summed E-state index contributed by atoms with van der Waals surface area (Å²) in [5.41, 5.74) is 13.4. The van der Waals surface area contributed by atoms with Crippen LogP contribution in [0.3, 0.4) is 0 Å². The molecule has 4 atom stereocenters. The van der Waals surface area contributed by atoms with E-state index >= 15 is 0 Å². The summed E-state index contributed by atoms with van der Waals surface area (Å²) in [7, 11) is 0. The Morgan fingerprint density at radius 3 is 2.12 bits per heavy atom. The summed E-state index contributed by atoms with van der Waals surface area (Å²) in [6, 6.07) is 11.9. The van der Waals surface area contributed by atoms with Crippen molar-refractivity contribution < 1.29 is 29.1 Å². The van der Waals surface area contributed by atoms with Gasteiger partial charge in [-0.1, -0.05) is 62.4 Å². The van der Waals surface area contributed by atoms with Crippen LogP contribution in [-0.2, 0) is 36.8 Å². The number of aliphatic carboxylic acids is 1. The van der Waals surface area contributed by atoms with Gasteiger partial charge in [-0.3, -0.25) is 19.2 Å². The number of benzene rings is 2. The molecular weight excluding hydrogens is 540 g/mol. The Morgan fingerprint density at radius 2 is 1.48 bits per heavy atom. The number of para-hydroxylation sites is 1. The second-order valence-corrected chi connectivity index (χ2v) is 10.6. The van der Waals surface area contributed by atoms with Crippen LogP contribution in [0.5, 0.6) is 0 Å². The van der Waals surface area contributed by atoms with Crippen LogP contribution in [0.15, 0.2) is 60.8 Å². The van der Waals surface area contributed by atoms with Gasteiger partial charge in [0.15, 0.2) is 0 Å². The minimum atomic E-state index is -1.25. The standard InChI is InChI=1S/C30H38N6O6/c1-17(2)26(29(40)35-24(30(41)42)15-19-16-33-22-11-7-6-10-20(19)22)36-28(39)23(14-18-8-4-3-5-9-18)34-27(38)21(31)12-13-25(32)37/h3-11,16-17,21,23-24,26,33H,12-15,31H2,1-2H3,(H2,32,37)(H,34,38)(H,35,40)(H,36,39)(H,41,42). The minimum absolute atomic E-state index is 0.00484. The highest BCUT2D eigenvalue weighted by Gasteiger charge is 2.32. The maximum absolute atomic E-state index is 13.5. The molecule has 0 aliphatic rings. The average molecular weight is 579 g/mol. The maximum atomic E-state index is 13.5. The summed E-state index contributed by atoms with van der Waals surface area (Å²) < 4.78 is 0. The first-order valence-corrected chi connectivity index (χ1v) is 13.7. The van der Waals surface area contributed by atoms with Crippen molar-refractivity contribution in [3.05, 3.63) is 71.9 Å². The predicted molar refractivity (Wildman–Crippen MR) is 157 cm³/mol. The van der Waals surface area contributed by atoms with E-state index in [0.29, 0.717) is 0 Å². The molecule has 0 saturated carbocycles. The number of rotatable bonds is 15. The van der Waals surface area contributed by atoms with E-state index in [0.717, 1.165) is 22.0 Å². The molecule has 0 fully saturated rings. The summed E-state index contributed by atoms with van der Waals surface area (Å²) >= 11 is 0. The lowest BCUT2D eigenvalue weighted by molar-refractivity contribution is -0.142. The largest absolute Gasteiger partial charge is 0.480 e. The highest BCUT2D eigenvalue weighted by molar-refractivity contribution is 5.94. The minimum Gasteiger partial charge on any atom is -0.480 e. The molecular formula is C30H38N6O6. The van der Waals surface area contributed by atoms with Crippen LogP contribution in [0.1, 0.15) is 37.8 Å². The molecule has 0 spiro atoms. The van der Waals surface area contributed by atoms with Crippen molar-refractivity contribution >= 4 is 40.5 Å². The predicted octanol–water partition coefficient (Wildman–Crippen LogP) is 0.741. The number of primary amides is 1. The van der Waals surface area contributed by atoms with Crippen molar-refractivity contribution in [2.45, 2.75) is 63.7 Å². The molecule has 3 rings (SSSR count). The molecule has 42 heavy (non-hydrogen) atoms. The lowest BCUT2D eigenvalue weighted by Gasteiger charge is -2.27. The number of aromatic nitrogens is 1. The Hall–Kier alpha value is -4.71. The SMILES string of the molecule is CC(C)C(NC(=O)C(Cc1ccccc1)NC(=O)C(N)CCC(N)=O)C(=O)NC(Cc1c[nH]c2ccccc12)C(=O)O. The molecule has 12 heteroatoms. The smallest absolute Gasteiger partial charge is 0.326 e. The van der Waals surface area contributed by atoms with Crippen LogP contribution in [-0.4, -0.2) is 63.9 Å². The number of carboxylic acids is 1. The molecule has 4 unspecified atom stereocenters. The highest BCUT2D eigenvalue weighted by Crippen LogP contribution is 2.19. The Bertz CT molecular complexity index is 1410. The third-order valence-electron chi connectivity index (χ3n) is 6.91. The number of carbonyl (C=O) groups is 5. The fourth-order valence-corrected chi connectivity index (χ4v) is 4.54. The van der Waals surface area contributed by atoms with Crippen LogP contribution >= 0.6 is 0 Å². The number of amides is 4. The van der Waals surface area contributed by atoms with Gasteiger partial charge in [0.05, 0.1) is 6.04 Å². The van der Waals surface area contributed by atoms with Gasteiger partial charge >= 0.3 is 5.97 Å². The third-order valence-corrected chi connectivity index (χ3v) is 6.91. The summed E-state index contributed by atoms with van der Waals surface area (Å²) in [6.45, 7) is 3.43. The van der Waals surface area contributed by atoms with E-state index in [1.54, 1.807) is 44.3 Å². The van der Waals surface area contributed by atoms with Crippen molar-refractivity contribution in [2.24, 2.45) is 17.4 Å². The van der Waals surface area contributed by atoms with Gasteiger partial charge in [0.1, 0.15) is 18.1 Å². The highest BCUT2D eigenvalue weighted by atomic mass is 16.4. The van der Waals surface area contributed by atoms with Crippen molar-refractivity contribution in [3.8, 4) is 0 Å². The average Bonchev–Trinajstić information content (AvgIpc) is 3.36. The first-order chi connectivity index (χ1) is 20.0. The topological polar surface area (TPSA) is 209 Å². The number of nitrogens with two attached hydrogens (primary N) is 2. The van der Waals surface area contributed by atoms with E-state index in [4.69, 9.17) is 11.5 Å². The Labute approximate surface area is 243 Å². The quantitative estimate of drug-likeness (QED) is 0.137. The lowest BCUT2D eigenvalue weighted by Crippen LogP contribution is -2.59. The molecule has 0 radical (unpaired) electrons. The van der Waals surface area contributed by atoms with Crippen molar-refractivity contribution in [2.75, 3.05) is 0 Å². The summed E-state index contributed by atoms with van der Waals surface area (Å²) in [4.78, 5) is 65.9. The summed E-state index contributed by atoms with van der Waals surface area (Å²) in [5, 5.41) is 18.6. The lowest BCUT2D eigenvalue weighted by atomic mass is 9.99. The molecule has 2 aromatic carbocycles. The number of carbonyl (C=O) groups excluding carboxylic acids is 4. The molecule has 3 aromatic rings. The van der Waals surface area contributed by atoms with Crippen LogP contribution in [0, 0.1) is 5.92 Å². The van der Waals surface area contributed by atoms with E-state index in [1.165, 1.54) is 0 Å². The first kappa shape index (κ1) is 31.8. The van der Waals surface area contributed by atoms with Gasteiger partial charge in [-0.25, -0.2) is 4.79 Å². The zero-order valence-corrected chi connectivity index (χ0v) is 23.6. The normalized spacial score (nSPS) is 14.0. The third kappa shape index (κ3) is 8.90. The van der Waals surface area contributed by atoms with Gasteiger partial charge in [-0.2, -0.15) is 0 Å². The molecule has 1 aromatic heterocycles. The van der Waals surface area contributed by atoms with E-state index in [1.807, 2.05) is 30.3 Å². The van der Waals surface area contributed by atoms with E-state index in [2.05, 4.69) is 20.9 Å². The van der Waals surface area contributed by atoms with Crippen LogP contribution < -0.4 is 27.4 Å². The number of nitrogens with one attached hydrogen (secondary N) is 4. The van der Waals surface area contributed by atoms with E-state index < -0.39 is 59.7 Å². The summed E-state index contributed by atoms with van der Waals surface area (Å²) in [6.07, 6.45) is 1.75. The zero-order valence-electron chi connectivity index (χ0n) is 23.6. The second-order valence-electron chi connectivity index (χ2n) is 10.6. The first-order valence-electron chi connectivity index (χ1n) is 13.7. The fourth-order valence-electron chi connectivity index (χ4n) is 4.54. The molecule has 0 saturated heterocycles. The van der Waals surface area contributed by atoms with Gasteiger partial charge in [-0.05, 0) is 29.5 Å². The van der Waals surface area contributed by atoms with Gasteiger partial charge in [0, 0.05) is 36.4 Å². The van der Waals surface area contributed by atoms with Gasteiger partial charge in [-0.15, -0.1) is 0 Å². The second kappa shape index (κ2) is 14.8. The summed E-state index contributed by atoms with van der Waals surface area (Å²) in [5.74, 6) is -4.21. The van der Waals surface area contributed by atoms with Gasteiger partial charge < -0.3 is 37.5 Å². The molecule has 9 N–H and O–H groups in total. The zero-order chi connectivity index (χ0) is 30.8. The van der Waals surface area contributed by atoms with Gasteiger partial charge in [0.25, 0.3) is 0 Å². The number of hydrogen-bond acceptors (Lipinski definition) is 6. The number of H-pyrrole nitrogens is 1. The number of aromatic amines is 1. The molecule has 12 nitrogen and oxygen atoms in total. The van der Waals surface area contributed by atoms with Crippen LogP contribution in [0.25, 0.3) is 10.9 Å². The number of hydrogen-bond donors (Lipinski definition) is 7. The van der Waals surface area contributed by atoms with E-state index in [9.17, 15) is 29.1 Å². The molecule has 224 valence electrons. The molecule has 0 aliphatic heterocycles.